The van der Waals surface area contributed by atoms with Gasteiger partial charge in [-0.05, 0) is 47.5 Å². The number of fused-ring (bicyclic) bond motifs is 5. The van der Waals surface area contributed by atoms with Crippen molar-refractivity contribution in [3.63, 3.8) is 0 Å². The van der Waals surface area contributed by atoms with Crippen LogP contribution in [0.25, 0.3) is 0 Å². The second kappa shape index (κ2) is 8.02. The van der Waals surface area contributed by atoms with E-state index in [-0.39, 0.29) is 5.69 Å². The van der Waals surface area contributed by atoms with Gasteiger partial charge in [-0.15, -0.1) is 0 Å². The molecule has 0 saturated carbocycles. The van der Waals surface area contributed by atoms with Gasteiger partial charge in [0.05, 0.1) is 29.8 Å². The van der Waals surface area contributed by atoms with E-state index in [1.54, 1.807) is 36.5 Å². The van der Waals surface area contributed by atoms with Crippen LogP contribution in [0, 0.1) is 17.7 Å². The van der Waals surface area contributed by atoms with Crippen molar-refractivity contribution in [2.75, 3.05) is 10.2 Å². The summed E-state index contributed by atoms with van der Waals surface area (Å²) < 4.78 is 14.6. The minimum absolute atomic E-state index is 0.118. The Labute approximate surface area is 204 Å². The molecular formula is C26H18ClFN4O3. The van der Waals surface area contributed by atoms with Gasteiger partial charge in [0.15, 0.2) is 0 Å². The molecule has 3 aliphatic heterocycles. The van der Waals surface area contributed by atoms with Gasteiger partial charge in [-0.2, -0.15) is 5.10 Å². The first kappa shape index (κ1) is 21.5. The first-order valence-corrected chi connectivity index (χ1v) is 11.4. The molecule has 174 valence electrons. The van der Waals surface area contributed by atoms with E-state index in [1.807, 2.05) is 24.3 Å². The molecule has 3 aromatic carbocycles. The lowest BCUT2D eigenvalue weighted by Gasteiger charge is -2.33. The monoisotopic (exact) mass is 488 g/mol. The predicted octanol–water partition coefficient (Wildman–Crippen LogP) is 4.00. The molecule has 0 spiro atoms. The van der Waals surface area contributed by atoms with E-state index in [9.17, 15) is 18.8 Å². The highest BCUT2D eigenvalue weighted by atomic mass is 35.5. The third kappa shape index (κ3) is 3.24. The summed E-state index contributed by atoms with van der Waals surface area (Å²) in [6.45, 7) is 0. The topological polar surface area (TPSA) is 82.1 Å². The van der Waals surface area contributed by atoms with E-state index in [4.69, 9.17) is 11.6 Å². The minimum atomic E-state index is -1.07. The highest BCUT2D eigenvalue weighted by Gasteiger charge is 2.65. The quantitative estimate of drug-likeness (QED) is 0.565. The lowest BCUT2D eigenvalue weighted by atomic mass is 9.85. The van der Waals surface area contributed by atoms with Gasteiger partial charge in [0.25, 0.3) is 0 Å². The van der Waals surface area contributed by atoms with Crippen LogP contribution >= 0.6 is 11.6 Å². The summed E-state index contributed by atoms with van der Waals surface area (Å²) in [5, 5.41) is 9.35. The van der Waals surface area contributed by atoms with Gasteiger partial charge in [-0.25, -0.2) is 9.29 Å². The maximum atomic E-state index is 14.6. The van der Waals surface area contributed by atoms with Gasteiger partial charge >= 0.3 is 0 Å². The molecule has 0 radical (unpaired) electrons. The lowest BCUT2D eigenvalue weighted by Crippen LogP contribution is -2.46. The summed E-state index contributed by atoms with van der Waals surface area (Å²) in [4.78, 5) is 41.8. The first-order valence-electron chi connectivity index (χ1n) is 11.1. The maximum absolute atomic E-state index is 14.6. The van der Waals surface area contributed by atoms with Crippen LogP contribution in [0.5, 0.6) is 0 Å². The van der Waals surface area contributed by atoms with Gasteiger partial charge < -0.3 is 5.32 Å². The fraction of sp³-hybridized carbons (Fsp3) is 0.154. The number of benzene rings is 3. The standard InChI is InChI=1S/C26H18ClFN4O3/c27-15-9-11-16(12-10-15)30-24(33)23-21-20(22-17-6-2-1-5-14(17)13-29-32(22)23)25(34)31(26(21)35)19-8-4-3-7-18(19)28/h1-13,20-23H,(H,30,33)/t20-,21+,22-,23-/m1/s1. The zero-order valence-corrected chi connectivity index (χ0v) is 18.9. The van der Waals surface area contributed by atoms with Gasteiger partial charge in [-0.3, -0.25) is 19.4 Å². The number of nitrogens with zero attached hydrogens (tertiary/aromatic N) is 3. The van der Waals surface area contributed by atoms with Crippen molar-refractivity contribution in [3.8, 4) is 0 Å². The van der Waals surface area contributed by atoms with Crippen LogP contribution in [0.15, 0.2) is 77.9 Å². The van der Waals surface area contributed by atoms with Crippen LogP contribution in [-0.2, 0) is 14.4 Å². The van der Waals surface area contributed by atoms with Crippen LogP contribution in [0.2, 0.25) is 5.02 Å². The van der Waals surface area contributed by atoms with Crippen LogP contribution in [0.4, 0.5) is 15.8 Å². The molecule has 35 heavy (non-hydrogen) atoms. The van der Waals surface area contributed by atoms with Crippen molar-refractivity contribution in [1.82, 2.24) is 5.01 Å². The number of carbonyl (C=O) groups is 3. The Morgan fingerprint density at radius 3 is 2.37 bits per heavy atom. The number of hydrazone groups is 1. The number of halogens is 2. The molecule has 3 amide bonds. The zero-order chi connectivity index (χ0) is 24.3. The summed E-state index contributed by atoms with van der Waals surface area (Å²) in [6.07, 6.45) is 1.62. The predicted molar refractivity (Wildman–Crippen MR) is 128 cm³/mol. The fourth-order valence-electron chi connectivity index (χ4n) is 5.29. The van der Waals surface area contributed by atoms with Gasteiger partial charge in [0.1, 0.15) is 11.9 Å². The van der Waals surface area contributed by atoms with Gasteiger partial charge in [0.2, 0.25) is 17.7 Å². The largest absolute Gasteiger partial charge is 0.324 e. The molecule has 2 saturated heterocycles. The molecule has 0 aliphatic carbocycles. The Bertz CT molecular complexity index is 1410. The van der Waals surface area contributed by atoms with E-state index in [1.165, 1.54) is 23.2 Å². The maximum Gasteiger partial charge on any atom is 0.249 e. The molecule has 1 N–H and O–H groups in total. The first-order chi connectivity index (χ1) is 17.0. The molecule has 0 unspecified atom stereocenters. The SMILES string of the molecule is O=C(Nc1ccc(Cl)cc1)[C@H]1[C@H]2C(=O)N(c3ccccc3F)C(=O)[C@H]2[C@H]2c3ccccc3C=NN21. The second-order valence-electron chi connectivity index (χ2n) is 8.65. The molecule has 0 aromatic heterocycles. The van der Waals surface area contributed by atoms with E-state index in [2.05, 4.69) is 10.4 Å². The molecule has 6 rings (SSSR count). The molecule has 3 aliphatic rings. The number of anilines is 2. The molecule has 7 nitrogen and oxygen atoms in total. The third-order valence-electron chi connectivity index (χ3n) is 6.77. The Morgan fingerprint density at radius 1 is 0.914 bits per heavy atom. The summed E-state index contributed by atoms with van der Waals surface area (Å²) in [6, 6.07) is 17.9. The lowest BCUT2D eigenvalue weighted by molar-refractivity contribution is -0.129. The van der Waals surface area contributed by atoms with E-state index < -0.39 is 47.5 Å². The van der Waals surface area contributed by atoms with Crippen LogP contribution in [0.3, 0.4) is 0 Å². The molecular weight excluding hydrogens is 471 g/mol. The van der Waals surface area contributed by atoms with Crippen LogP contribution in [0.1, 0.15) is 17.2 Å². The Balaban J connectivity index is 1.45. The van der Waals surface area contributed by atoms with Gasteiger partial charge in [-0.1, -0.05) is 48.0 Å². The average Bonchev–Trinajstić information content (AvgIpc) is 3.34. The summed E-state index contributed by atoms with van der Waals surface area (Å²) in [5.41, 5.74) is 1.96. The molecule has 4 atom stereocenters. The fourth-order valence-corrected chi connectivity index (χ4v) is 5.41. The Hall–Kier alpha value is -4.04. The number of hydrogen-bond acceptors (Lipinski definition) is 5. The van der Waals surface area contributed by atoms with Crippen LogP contribution < -0.4 is 10.2 Å². The minimum Gasteiger partial charge on any atom is -0.324 e. The van der Waals surface area contributed by atoms with Crippen LogP contribution in [-0.4, -0.2) is 35.0 Å². The van der Waals surface area contributed by atoms with E-state index >= 15 is 0 Å². The average molecular weight is 489 g/mol. The zero-order valence-electron chi connectivity index (χ0n) is 18.1. The summed E-state index contributed by atoms with van der Waals surface area (Å²) in [7, 11) is 0. The normalized spacial score (nSPS) is 24.3. The molecule has 3 aromatic rings. The highest BCUT2D eigenvalue weighted by Crippen LogP contribution is 2.52. The molecule has 3 heterocycles. The second-order valence-corrected chi connectivity index (χ2v) is 9.09. The number of rotatable bonds is 3. The van der Waals surface area contributed by atoms with Crippen molar-refractivity contribution >= 4 is 46.9 Å². The van der Waals surface area contributed by atoms with Crippen molar-refractivity contribution in [2.45, 2.75) is 12.1 Å². The van der Waals surface area contributed by atoms with Gasteiger partial charge in [0, 0.05) is 10.7 Å². The van der Waals surface area contributed by atoms with E-state index in [0.717, 1.165) is 16.0 Å². The van der Waals surface area contributed by atoms with Crippen molar-refractivity contribution in [3.05, 3.63) is 94.8 Å². The highest BCUT2D eigenvalue weighted by molar-refractivity contribution is 6.30. The molecule has 2 fully saturated rings. The van der Waals surface area contributed by atoms with Crippen molar-refractivity contribution in [1.29, 1.82) is 0 Å². The molecule has 9 heteroatoms. The third-order valence-corrected chi connectivity index (χ3v) is 7.02. The van der Waals surface area contributed by atoms with E-state index in [0.29, 0.717) is 10.7 Å². The number of imide groups is 1. The number of para-hydroxylation sites is 1. The number of nitrogens with one attached hydrogen (secondary N) is 1. The summed E-state index contributed by atoms with van der Waals surface area (Å²) >= 11 is 5.95. The molecule has 0 bridgehead atoms. The van der Waals surface area contributed by atoms with Crippen molar-refractivity contribution in [2.24, 2.45) is 16.9 Å². The smallest absolute Gasteiger partial charge is 0.249 e. The number of carbonyl (C=O) groups excluding carboxylic acids is 3. The number of amides is 3. The van der Waals surface area contributed by atoms with Crippen molar-refractivity contribution < 1.29 is 18.8 Å². The summed E-state index contributed by atoms with van der Waals surface area (Å²) in [5.74, 6) is -4.28. The Morgan fingerprint density at radius 2 is 1.60 bits per heavy atom. The number of hydrogen-bond donors (Lipinski definition) is 1. The Kier molecular flexibility index (Phi) is 4.93.